The van der Waals surface area contributed by atoms with E-state index in [2.05, 4.69) is 10.3 Å². The first-order valence-corrected chi connectivity index (χ1v) is 12.4. The number of alkyl halides is 3. The minimum atomic E-state index is -1.75. The summed E-state index contributed by atoms with van der Waals surface area (Å²) < 4.78 is 13.6. The predicted octanol–water partition coefficient (Wildman–Crippen LogP) is 4.62. The number of carbonyl (C=O) groups excluding carboxylic acids is 3. The van der Waals surface area contributed by atoms with E-state index >= 15 is 0 Å². The Morgan fingerprint density at radius 3 is 2.10 bits per heavy atom. The highest BCUT2D eigenvalue weighted by atomic mass is 35.6. The van der Waals surface area contributed by atoms with E-state index in [4.69, 9.17) is 49.0 Å². The number of ether oxygens (including phenoxy) is 3. The maximum atomic E-state index is 13.2. The zero-order chi connectivity index (χ0) is 28.9. The van der Waals surface area contributed by atoms with Crippen LogP contribution in [0, 0.1) is 10.1 Å². The molecular weight excluding hydrogens is 577 g/mol. The molecule has 11 nitrogen and oxygen atoms in total. The minimum absolute atomic E-state index is 0.0154. The number of carbonyl (C=O) groups is 3. The summed E-state index contributed by atoms with van der Waals surface area (Å²) in [5, 5.41) is 14.7. The van der Waals surface area contributed by atoms with Crippen LogP contribution in [0.4, 0.5) is 5.69 Å². The lowest BCUT2D eigenvalue weighted by Gasteiger charge is -2.30. The Hall–Kier alpha value is -3.67. The number of hydrogen-bond donors (Lipinski definition) is 1. The number of halogens is 3. The van der Waals surface area contributed by atoms with Crippen LogP contribution in [-0.2, 0) is 27.6 Å². The number of pyridine rings is 1. The number of nitrogens with one attached hydrogen (secondary N) is 1. The monoisotopic (exact) mass is 597 g/mol. The number of benzene rings is 1. The third kappa shape index (κ3) is 6.86. The van der Waals surface area contributed by atoms with Crippen LogP contribution in [-0.4, -0.2) is 48.1 Å². The van der Waals surface area contributed by atoms with Crippen molar-refractivity contribution in [3.8, 4) is 0 Å². The summed E-state index contributed by atoms with van der Waals surface area (Å²) in [4.78, 5) is 53.3. The number of hydrogen-bond acceptors (Lipinski definition) is 10. The van der Waals surface area contributed by atoms with Crippen LogP contribution in [0.2, 0.25) is 0 Å². The second-order valence-corrected chi connectivity index (χ2v) is 10.4. The number of dihydropyridines is 1. The van der Waals surface area contributed by atoms with E-state index in [-0.39, 0.29) is 46.9 Å². The molecule has 1 aliphatic heterocycles. The van der Waals surface area contributed by atoms with E-state index in [1.807, 2.05) is 0 Å². The molecule has 0 saturated carbocycles. The van der Waals surface area contributed by atoms with Gasteiger partial charge in [-0.25, -0.2) is 14.4 Å². The molecule has 1 N–H and O–H groups in total. The zero-order valence-corrected chi connectivity index (χ0v) is 23.1. The molecule has 1 atom stereocenters. The van der Waals surface area contributed by atoms with E-state index in [0.717, 1.165) is 7.11 Å². The number of nitro benzene ring substituents is 1. The molecule has 2 heterocycles. The van der Waals surface area contributed by atoms with Crippen molar-refractivity contribution in [3.05, 3.63) is 92.1 Å². The lowest BCUT2D eigenvalue weighted by molar-refractivity contribution is -0.385. The van der Waals surface area contributed by atoms with E-state index in [1.165, 1.54) is 36.5 Å². The van der Waals surface area contributed by atoms with Gasteiger partial charge in [-0.2, -0.15) is 0 Å². The molecule has 0 radical (unpaired) electrons. The predicted molar refractivity (Wildman–Crippen MR) is 141 cm³/mol. The molecule has 2 aromatic rings. The van der Waals surface area contributed by atoms with Crippen LogP contribution in [0.1, 0.15) is 41.4 Å². The summed E-state index contributed by atoms with van der Waals surface area (Å²) in [6.45, 7) is 2.50. The van der Waals surface area contributed by atoms with Crippen molar-refractivity contribution in [2.45, 2.75) is 23.6 Å². The first kappa shape index (κ1) is 29.9. The molecule has 0 fully saturated rings. The second kappa shape index (κ2) is 12.5. The third-order valence-electron chi connectivity index (χ3n) is 5.67. The van der Waals surface area contributed by atoms with E-state index in [1.54, 1.807) is 19.9 Å². The molecule has 1 aromatic heterocycles. The van der Waals surface area contributed by atoms with Crippen LogP contribution in [0.5, 0.6) is 0 Å². The maximum Gasteiger partial charge on any atom is 0.339 e. The Kier molecular flexibility index (Phi) is 9.54. The zero-order valence-electron chi connectivity index (χ0n) is 20.8. The van der Waals surface area contributed by atoms with Crippen molar-refractivity contribution in [1.82, 2.24) is 10.3 Å². The lowest BCUT2D eigenvalue weighted by atomic mass is 9.79. The van der Waals surface area contributed by atoms with Gasteiger partial charge in [0.2, 0.25) is 3.79 Å². The summed E-state index contributed by atoms with van der Waals surface area (Å²) in [5.74, 6) is -3.56. The van der Waals surface area contributed by atoms with E-state index in [0.29, 0.717) is 11.4 Å². The van der Waals surface area contributed by atoms with Gasteiger partial charge in [-0.1, -0.05) is 53.0 Å². The molecule has 0 aliphatic carbocycles. The van der Waals surface area contributed by atoms with Crippen LogP contribution in [0.25, 0.3) is 0 Å². The van der Waals surface area contributed by atoms with Gasteiger partial charge in [0.05, 0.1) is 40.4 Å². The van der Waals surface area contributed by atoms with Gasteiger partial charge in [0.25, 0.3) is 5.69 Å². The average Bonchev–Trinajstić information content (AvgIpc) is 2.89. The molecule has 3 rings (SSSR count). The van der Waals surface area contributed by atoms with Crippen molar-refractivity contribution in [2.24, 2.45) is 0 Å². The van der Waals surface area contributed by atoms with Crippen molar-refractivity contribution in [3.63, 3.8) is 0 Å². The van der Waals surface area contributed by atoms with Crippen LogP contribution < -0.4 is 5.32 Å². The van der Waals surface area contributed by atoms with Gasteiger partial charge in [-0.05, 0) is 26.0 Å². The standard InChI is InChI=1S/C25H22Cl3N3O8/c1-13-19(23(33)37-3)21(16-6-4-5-7-17(16)31(35)36)20(14(2)30-13)24(34)39-11-10-38-22(32)15-8-9-18(29-12-15)25(26,27)28/h4-9,12,21,30H,10-11H2,1-3H3. The number of esters is 3. The largest absolute Gasteiger partial charge is 0.466 e. The number of rotatable bonds is 8. The third-order valence-corrected chi connectivity index (χ3v) is 6.25. The highest BCUT2D eigenvalue weighted by molar-refractivity contribution is 6.66. The molecule has 0 spiro atoms. The highest BCUT2D eigenvalue weighted by Crippen LogP contribution is 2.42. The number of nitro groups is 1. The van der Waals surface area contributed by atoms with Crippen molar-refractivity contribution in [1.29, 1.82) is 0 Å². The van der Waals surface area contributed by atoms with Gasteiger partial charge in [0.15, 0.2) is 0 Å². The van der Waals surface area contributed by atoms with Gasteiger partial charge < -0.3 is 19.5 Å². The quantitative estimate of drug-likeness (QED) is 0.114. The first-order chi connectivity index (χ1) is 18.4. The minimum Gasteiger partial charge on any atom is -0.466 e. The fraction of sp³-hybridized carbons (Fsp3) is 0.280. The first-order valence-electron chi connectivity index (χ1n) is 11.2. The Balaban J connectivity index is 1.78. The summed E-state index contributed by atoms with van der Waals surface area (Å²) >= 11 is 17.2. The fourth-order valence-electron chi connectivity index (χ4n) is 3.97. The topological polar surface area (TPSA) is 147 Å². The normalized spacial score (nSPS) is 15.4. The second-order valence-electron chi connectivity index (χ2n) is 8.14. The van der Waals surface area contributed by atoms with E-state index < -0.39 is 32.5 Å². The van der Waals surface area contributed by atoms with E-state index in [9.17, 15) is 24.5 Å². The molecule has 0 bridgehead atoms. The van der Waals surface area contributed by atoms with Gasteiger partial charge in [-0.15, -0.1) is 0 Å². The summed E-state index contributed by atoms with van der Waals surface area (Å²) in [5.41, 5.74) is 0.676. The Morgan fingerprint density at radius 1 is 0.974 bits per heavy atom. The molecule has 0 amide bonds. The van der Waals surface area contributed by atoms with Crippen molar-refractivity contribution in [2.75, 3.05) is 20.3 Å². The Labute approximate surface area is 237 Å². The summed E-state index contributed by atoms with van der Waals surface area (Å²) in [7, 11) is 1.16. The number of aromatic nitrogens is 1. The molecule has 1 aromatic carbocycles. The lowest BCUT2D eigenvalue weighted by Crippen LogP contribution is -2.33. The van der Waals surface area contributed by atoms with Crippen LogP contribution in [0.3, 0.4) is 0 Å². The Morgan fingerprint density at radius 2 is 1.56 bits per heavy atom. The van der Waals surface area contributed by atoms with Crippen LogP contribution in [0.15, 0.2) is 65.1 Å². The molecule has 1 unspecified atom stereocenters. The molecular formula is C25H22Cl3N3O8. The van der Waals surface area contributed by atoms with Crippen molar-refractivity contribution < 1.29 is 33.5 Å². The summed E-state index contributed by atoms with van der Waals surface area (Å²) in [6.07, 6.45) is 1.17. The van der Waals surface area contributed by atoms with Gasteiger partial charge >= 0.3 is 17.9 Å². The number of para-hydroxylation sites is 1. The highest BCUT2D eigenvalue weighted by Gasteiger charge is 2.40. The van der Waals surface area contributed by atoms with Gasteiger partial charge in [0, 0.05) is 29.2 Å². The van der Waals surface area contributed by atoms with Crippen molar-refractivity contribution >= 4 is 58.4 Å². The number of nitrogens with zero attached hydrogens (tertiary/aromatic N) is 2. The molecule has 206 valence electrons. The molecule has 0 saturated heterocycles. The smallest absolute Gasteiger partial charge is 0.339 e. The van der Waals surface area contributed by atoms with Gasteiger partial charge in [-0.3, -0.25) is 15.1 Å². The average molecular weight is 599 g/mol. The number of allylic oxidation sites excluding steroid dienone is 2. The molecule has 39 heavy (non-hydrogen) atoms. The summed E-state index contributed by atoms with van der Waals surface area (Å²) in [6, 6.07) is 8.47. The Bertz CT molecular complexity index is 1370. The SMILES string of the molecule is COC(=O)C1=C(C)NC(C)=C(C(=O)OCCOC(=O)c2ccc(C(Cl)(Cl)Cl)nc2)C1c1ccccc1[N+](=O)[O-]. The van der Waals surface area contributed by atoms with Crippen LogP contribution >= 0.6 is 34.8 Å². The number of methoxy groups -OCH3 is 1. The fourth-order valence-corrected chi connectivity index (χ4v) is 4.30. The maximum absolute atomic E-state index is 13.2. The molecule has 14 heteroatoms. The van der Waals surface area contributed by atoms with Gasteiger partial charge in [0.1, 0.15) is 13.2 Å². The molecule has 1 aliphatic rings.